The van der Waals surface area contributed by atoms with E-state index < -0.39 is 0 Å². The molecule has 1 aliphatic carbocycles. The van der Waals surface area contributed by atoms with Crippen LogP contribution in [0.15, 0.2) is 18.2 Å². The zero-order valence-corrected chi connectivity index (χ0v) is 12.8. The van der Waals surface area contributed by atoms with Crippen LogP contribution in [0.3, 0.4) is 0 Å². The Morgan fingerprint density at radius 2 is 2.20 bits per heavy atom. The van der Waals surface area contributed by atoms with Crippen molar-refractivity contribution in [3.05, 3.63) is 29.6 Å². The molecular formula is C17H26FNO. The van der Waals surface area contributed by atoms with E-state index in [1.165, 1.54) is 38.2 Å². The highest BCUT2D eigenvalue weighted by molar-refractivity contribution is 5.31. The van der Waals surface area contributed by atoms with Crippen molar-refractivity contribution in [3.8, 4) is 5.75 Å². The van der Waals surface area contributed by atoms with Crippen LogP contribution in [0.5, 0.6) is 5.75 Å². The Morgan fingerprint density at radius 1 is 1.40 bits per heavy atom. The van der Waals surface area contributed by atoms with Gasteiger partial charge in [-0.25, -0.2) is 4.39 Å². The zero-order valence-electron chi connectivity index (χ0n) is 12.8. The lowest BCUT2D eigenvalue weighted by Crippen LogP contribution is -2.30. The Bertz CT molecular complexity index is 435. The number of rotatable bonds is 5. The molecule has 3 heteroatoms. The van der Waals surface area contributed by atoms with Crippen LogP contribution in [0, 0.1) is 17.7 Å². The summed E-state index contributed by atoms with van der Waals surface area (Å²) in [7, 11) is 3.50. The molecule has 0 heterocycles. The van der Waals surface area contributed by atoms with E-state index in [9.17, 15) is 4.39 Å². The van der Waals surface area contributed by atoms with Gasteiger partial charge in [-0.05, 0) is 37.8 Å². The quantitative estimate of drug-likeness (QED) is 0.867. The number of halogens is 1. The van der Waals surface area contributed by atoms with Crippen molar-refractivity contribution in [1.82, 2.24) is 5.32 Å². The first-order valence-corrected chi connectivity index (χ1v) is 7.70. The minimum Gasteiger partial charge on any atom is -0.497 e. The summed E-state index contributed by atoms with van der Waals surface area (Å²) in [5.74, 6) is 1.74. The number of hydrogen-bond donors (Lipinski definition) is 1. The van der Waals surface area contributed by atoms with E-state index in [4.69, 9.17) is 4.74 Å². The normalized spacial score (nSPS) is 24.4. The third-order valence-corrected chi connectivity index (χ3v) is 4.73. The summed E-state index contributed by atoms with van der Waals surface area (Å²) in [5, 5.41) is 3.33. The molecule has 1 saturated carbocycles. The average Bonchev–Trinajstić information content (AvgIpc) is 2.49. The molecule has 0 aliphatic heterocycles. The maximum atomic E-state index is 14.3. The molecule has 1 aliphatic rings. The highest BCUT2D eigenvalue weighted by atomic mass is 19.1. The molecule has 0 bridgehead atoms. The van der Waals surface area contributed by atoms with Crippen molar-refractivity contribution in [2.24, 2.45) is 11.8 Å². The van der Waals surface area contributed by atoms with Crippen LogP contribution >= 0.6 is 0 Å². The van der Waals surface area contributed by atoms with Gasteiger partial charge in [0.15, 0.2) is 0 Å². The molecule has 1 N–H and O–H groups in total. The molecule has 1 fully saturated rings. The molecule has 1 aromatic rings. The van der Waals surface area contributed by atoms with E-state index in [1.54, 1.807) is 7.11 Å². The van der Waals surface area contributed by atoms with Gasteiger partial charge in [-0.1, -0.05) is 32.3 Å². The van der Waals surface area contributed by atoms with E-state index in [0.717, 1.165) is 11.5 Å². The molecule has 20 heavy (non-hydrogen) atoms. The molecule has 2 nitrogen and oxygen atoms in total. The molecule has 0 radical (unpaired) electrons. The van der Waals surface area contributed by atoms with Crippen LogP contribution in [0.1, 0.15) is 50.6 Å². The molecule has 112 valence electrons. The highest BCUT2D eigenvalue weighted by Gasteiger charge is 2.29. The van der Waals surface area contributed by atoms with Crippen molar-refractivity contribution in [3.63, 3.8) is 0 Å². The fourth-order valence-electron chi connectivity index (χ4n) is 3.54. The Balaban J connectivity index is 2.19. The number of benzene rings is 1. The molecule has 0 spiro atoms. The van der Waals surface area contributed by atoms with Gasteiger partial charge in [-0.2, -0.15) is 0 Å². The monoisotopic (exact) mass is 279 g/mol. The van der Waals surface area contributed by atoms with E-state index in [2.05, 4.69) is 12.2 Å². The fourth-order valence-corrected chi connectivity index (χ4v) is 3.54. The first-order chi connectivity index (χ1) is 9.69. The second-order valence-corrected chi connectivity index (χ2v) is 5.85. The fraction of sp³-hybridized carbons (Fsp3) is 0.647. The van der Waals surface area contributed by atoms with Crippen molar-refractivity contribution in [1.29, 1.82) is 0 Å². The Labute approximate surface area is 121 Å². The summed E-state index contributed by atoms with van der Waals surface area (Å²) in [4.78, 5) is 0. The second-order valence-electron chi connectivity index (χ2n) is 5.85. The average molecular weight is 279 g/mol. The minimum atomic E-state index is -0.165. The van der Waals surface area contributed by atoms with Crippen LogP contribution in [0.25, 0.3) is 0 Å². The summed E-state index contributed by atoms with van der Waals surface area (Å²) < 4.78 is 19.4. The predicted octanol–water partition coefficient (Wildman–Crippen LogP) is 4.31. The first-order valence-electron chi connectivity index (χ1n) is 7.70. The molecule has 0 aromatic heterocycles. The van der Waals surface area contributed by atoms with E-state index in [0.29, 0.717) is 11.7 Å². The largest absolute Gasteiger partial charge is 0.497 e. The van der Waals surface area contributed by atoms with Crippen molar-refractivity contribution >= 4 is 0 Å². The van der Waals surface area contributed by atoms with Crippen molar-refractivity contribution < 1.29 is 9.13 Å². The van der Waals surface area contributed by atoms with E-state index in [-0.39, 0.29) is 11.9 Å². The Hall–Kier alpha value is -1.09. The summed E-state index contributed by atoms with van der Waals surface area (Å²) in [6.45, 7) is 2.26. The minimum absolute atomic E-state index is 0.107. The lowest BCUT2D eigenvalue weighted by molar-refractivity contribution is 0.212. The summed E-state index contributed by atoms with van der Waals surface area (Å²) in [5.41, 5.74) is 0.773. The molecule has 0 amide bonds. The highest BCUT2D eigenvalue weighted by Crippen LogP contribution is 2.39. The van der Waals surface area contributed by atoms with Crippen LogP contribution in [-0.4, -0.2) is 14.2 Å². The number of hydrogen-bond acceptors (Lipinski definition) is 2. The number of methoxy groups -OCH3 is 1. The summed E-state index contributed by atoms with van der Waals surface area (Å²) >= 11 is 0. The van der Waals surface area contributed by atoms with Crippen molar-refractivity contribution in [2.45, 2.75) is 45.1 Å². The van der Waals surface area contributed by atoms with Crippen LogP contribution in [-0.2, 0) is 0 Å². The first kappa shape index (κ1) is 15.3. The maximum Gasteiger partial charge on any atom is 0.131 e. The topological polar surface area (TPSA) is 21.3 Å². The SMILES string of the molecule is CCC1CCCC(C(NC)c2ccc(OC)cc2F)C1. The molecule has 0 saturated heterocycles. The van der Waals surface area contributed by atoms with Gasteiger partial charge in [0.1, 0.15) is 11.6 Å². The molecule has 2 rings (SSSR count). The Morgan fingerprint density at radius 3 is 2.80 bits per heavy atom. The third-order valence-electron chi connectivity index (χ3n) is 4.73. The van der Waals surface area contributed by atoms with E-state index >= 15 is 0 Å². The van der Waals surface area contributed by atoms with Crippen LogP contribution < -0.4 is 10.1 Å². The molecule has 3 atom stereocenters. The number of ether oxygens (including phenoxy) is 1. The van der Waals surface area contributed by atoms with Gasteiger partial charge in [0.2, 0.25) is 0 Å². The summed E-state index contributed by atoms with van der Waals surface area (Å²) in [6.07, 6.45) is 6.21. The number of nitrogens with one attached hydrogen (secondary N) is 1. The second kappa shape index (κ2) is 7.07. The lowest BCUT2D eigenvalue weighted by atomic mass is 9.75. The van der Waals surface area contributed by atoms with Crippen LogP contribution in [0.2, 0.25) is 0 Å². The van der Waals surface area contributed by atoms with Gasteiger partial charge in [0.05, 0.1) is 7.11 Å². The molecule has 3 unspecified atom stereocenters. The van der Waals surface area contributed by atoms with Gasteiger partial charge in [0, 0.05) is 17.7 Å². The zero-order chi connectivity index (χ0) is 14.5. The van der Waals surface area contributed by atoms with Gasteiger partial charge >= 0.3 is 0 Å². The van der Waals surface area contributed by atoms with Gasteiger partial charge < -0.3 is 10.1 Å². The third kappa shape index (κ3) is 3.32. The molecule has 1 aromatic carbocycles. The molecular weight excluding hydrogens is 253 g/mol. The van der Waals surface area contributed by atoms with Gasteiger partial charge in [-0.15, -0.1) is 0 Å². The summed E-state index contributed by atoms with van der Waals surface area (Å²) in [6, 6.07) is 5.31. The van der Waals surface area contributed by atoms with Crippen LogP contribution in [0.4, 0.5) is 4.39 Å². The predicted molar refractivity (Wildman–Crippen MR) is 80.5 cm³/mol. The van der Waals surface area contributed by atoms with Gasteiger partial charge in [0.25, 0.3) is 0 Å². The maximum absolute atomic E-state index is 14.3. The standard InChI is InChI=1S/C17H26FNO/c1-4-12-6-5-7-13(10-12)17(19-2)15-9-8-14(20-3)11-16(15)18/h8-9,11-13,17,19H,4-7,10H2,1-3H3. The van der Waals surface area contributed by atoms with Crippen molar-refractivity contribution in [2.75, 3.05) is 14.2 Å². The van der Waals surface area contributed by atoms with E-state index in [1.807, 2.05) is 19.2 Å². The van der Waals surface area contributed by atoms with Gasteiger partial charge in [-0.3, -0.25) is 0 Å². The Kier molecular flexibility index (Phi) is 5.41. The lowest BCUT2D eigenvalue weighted by Gasteiger charge is -2.34. The smallest absolute Gasteiger partial charge is 0.131 e.